The number of benzene rings is 2. The molecule has 104 valence electrons. The molecule has 0 fully saturated rings. The fourth-order valence-corrected chi connectivity index (χ4v) is 1.99. The first kappa shape index (κ1) is 14.2. The zero-order valence-corrected chi connectivity index (χ0v) is 11.1. The van der Waals surface area contributed by atoms with Crippen molar-refractivity contribution in [2.75, 3.05) is 18.0 Å². The lowest BCUT2D eigenvalue weighted by atomic mass is 10.1. The van der Waals surface area contributed by atoms with E-state index in [2.05, 4.69) is 0 Å². The van der Waals surface area contributed by atoms with E-state index in [1.165, 1.54) is 11.0 Å². The van der Waals surface area contributed by atoms with Gasteiger partial charge >= 0.3 is 0 Å². The molecular formula is C16H17FN2O. The van der Waals surface area contributed by atoms with Crippen LogP contribution in [0.25, 0.3) is 0 Å². The Hall–Kier alpha value is -2.20. The molecule has 0 aromatic heterocycles. The molecule has 0 heterocycles. The Bertz CT molecular complexity index is 572. The van der Waals surface area contributed by atoms with Crippen molar-refractivity contribution in [1.82, 2.24) is 0 Å². The van der Waals surface area contributed by atoms with E-state index in [1.54, 1.807) is 42.5 Å². The third kappa shape index (κ3) is 3.22. The molecule has 0 aliphatic rings. The zero-order chi connectivity index (χ0) is 14.4. The van der Waals surface area contributed by atoms with Crippen LogP contribution in [-0.4, -0.2) is 19.0 Å². The fourth-order valence-electron chi connectivity index (χ4n) is 1.99. The van der Waals surface area contributed by atoms with E-state index in [4.69, 9.17) is 5.73 Å². The van der Waals surface area contributed by atoms with E-state index in [9.17, 15) is 9.18 Å². The minimum Gasteiger partial charge on any atom is -0.330 e. The SMILES string of the molecule is NCCCN(C(=O)c1ccccc1)c1ccccc1F. The van der Waals surface area contributed by atoms with E-state index in [0.29, 0.717) is 25.1 Å². The molecule has 0 bridgehead atoms. The summed E-state index contributed by atoms with van der Waals surface area (Å²) < 4.78 is 13.9. The lowest BCUT2D eigenvalue weighted by molar-refractivity contribution is 0.0986. The number of carbonyl (C=O) groups is 1. The zero-order valence-electron chi connectivity index (χ0n) is 11.1. The summed E-state index contributed by atoms with van der Waals surface area (Å²) >= 11 is 0. The average Bonchev–Trinajstić information content (AvgIpc) is 2.50. The monoisotopic (exact) mass is 272 g/mol. The summed E-state index contributed by atoms with van der Waals surface area (Å²) in [6.45, 7) is 0.845. The molecule has 2 N–H and O–H groups in total. The maximum Gasteiger partial charge on any atom is 0.258 e. The second kappa shape index (κ2) is 6.82. The highest BCUT2D eigenvalue weighted by atomic mass is 19.1. The van der Waals surface area contributed by atoms with E-state index in [-0.39, 0.29) is 11.6 Å². The van der Waals surface area contributed by atoms with Gasteiger partial charge in [-0.3, -0.25) is 4.79 Å². The summed E-state index contributed by atoms with van der Waals surface area (Å²) in [6, 6.07) is 15.1. The second-order valence-corrected chi connectivity index (χ2v) is 4.42. The largest absolute Gasteiger partial charge is 0.330 e. The van der Waals surface area contributed by atoms with Gasteiger partial charge in [-0.25, -0.2) is 4.39 Å². The molecule has 1 amide bonds. The van der Waals surface area contributed by atoms with Crippen molar-refractivity contribution in [3.8, 4) is 0 Å². The quantitative estimate of drug-likeness (QED) is 0.909. The molecule has 4 heteroatoms. The number of anilines is 1. The smallest absolute Gasteiger partial charge is 0.258 e. The van der Waals surface area contributed by atoms with Crippen LogP contribution in [0.15, 0.2) is 54.6 Å². The van der Waals surface area contributed by atoms with Gasteiger partial charge in [0.1, 0.15) is 5.82 Å². The first-order chi connectivity index (χ1) is 9.74. The van der Waals surface area contributed by atoms with Gasteiger partial charge in [-0.05, 0) is 37.2 Å². The third-order valence-electron chi connectivity index (χ3n) is 2.99. The number of para-hydroxylation sites is 1. The first-order valence-electron chi connectivity index (χ1n) is 6.55. The molecule has 0 aliphatic carbocycles. The summed E-state index contributed by atoms with van der Waals surface area (Å²) in [7, 11) is 0. The van der Waals surface area contributed by atoms with E-state index < -0.39 is 5.82 Å². The van der Waals surface area contributed by atoms with Crippen molar-refractivity contribution in [1.29, 1.82) is 0 Å². The highest BCUT2D eigenvalue weighted by Gasteiger charge is 2.19. The van der Waals surface area contributed by atoms with Crippen molar-refractivity contribution in [2.24, 2.45) is 5.73 Å². The van der Waals surface area contributed by atoms with Crippen molar-refractivity contribution >= 4 is 11.6 Å². The molecule has 0 atom stereocenters. The van der Waals surface area contributed by atoms with Gasteiger partial charge in [0, 0.05) is 12.1 Å². The van der Waals surface area contributed by atoms with Crippen LogP contribution < -0.4 is 10.6 Å². The topological polar surface area (TPSA) is 46.3 Å². The van der Waals surface area contributed by atoms with Crippen LogP contribution >= 0.6 is 0 Å². The maximum atomic E-state index is 13.9. The van der Waals surface area contributed by atoms with Crippen molar-refractivity contribution in [2.45, 2.75) is 6.42 Å². The van der Waals surface area contributed by atoms with Gasteiger partial charge in [-0.1, -0.05) is 30.3 Å². The number of amides is 1. The fraction of sp³-hybridized carbons (Fsp3) is 0.188. The summed E-state index contributed by atoms with van der Waals surface area (Å²) in [5.74, 6) is -0.627. The van der Waals surface area contributed by atoms with Crippen LogP contribution in [0.2, 0.25) is 0 Å². The van der Waals surface area contributed by atoms with Gasteiger partial charge in [0.25, 0.3) is 5.91 Å². The Labute approximate surface area is 117 Å². The summed E-state index contributed by atoms with van der Waals surface area (Å²) in [5.41, 5.74) is 6.32. The summed E-state index contributed by atoms with van der Waals surface area (Å²) in [4.78, 5) is 14.0. The lowest BCUT2D eigenvalue weighted by Crippen LogP contribution is -2.33. The van der Waals surface area contributed by atoms with Gasteiger partial charge in [-0.2, -0.15) is 0 Å². The van der Waals surface area contributed by atoms with E-state index in [0.717, 1.165) is 0 Å². The molecule has 3 nitrogen and oxygen atoms in total. The Morgan fingerprint density at radius 2 is 1.70 bits per heavy atom. The lowest BCUT2D eigenvalue weighted by Gasteiger charge is -2.23. The summed E-state index contributed by atoms with van der Waals surface area (Å²) in [5, 5.41) is 0. The van der Waals surface area contributed by atoms with Crippen LogP contribution in [0.4, 0.5) is 10.1 Å². The highest BCUT2D eigenvalue weighted by molar-refractivity contribution is 6.06. The molecule has 0 saturated carbocycles. The van der Waals surface area contributed by atoms with Crippen LogP contribution in [0.3, 0.4) is 0 Å². The van der Waals surface area contributed by atoms with E-state index >= 15 is 0 Å². The predicted molar refractivity (Wildman–Crippen MR) is 78.2 cm³/mol. The standard InChI is InChI=1S/C16H17FN2O/c17-14-9-4-5-10-15(14)19(12-6-11-18)16(20)13-7-2-1-3-8-13/h1-5,7-10H,6,11-12,18H2. The normalized spacial score (nSPS) is 10.3. The van der Waals surface area contributed by atoms with Crippen molar-refractivity contribution < 1.29 is 9.18 Å². The van der Waals surface area contributed by atoms with Gasteiger partial charge in [-0.15, -0.1) is 0 Å². The van der Waals surface area contributed by atoms with Gasteiger partial charge in [0.05, 0.1) is 5.69 Å². The van der Waals surface area contributed by atoms with Gasteiger partial charge in [0.15, 0.2) is 0 Å². The predicted octanol–water partition coefficient (Wildman–Crippen LogP) is 2.82. The number of hydrogen-bond acceptors (Lipinski definition) is 2. The first-order valence-corrected chi connectivity index (χ1v) is 6.55. The molecule has 2 aromatic carbocycles. The number of rotatable bonds is 5. The highest BCUT2D eigenvalue weighted by Crippen LogP contribution is 2.21. The van der Waals surface area contributed by atoms with Crippen LogP contribution in [-0.2, 0) is 0 Å². The van der Waals surface area contributed by atoms with Crippen LogP contribution in [0.5, 0.6) is 0 Å². The van der Waals surface area contributed by atoms with Crippen molar-refractivity contribution in [3.05, 3.63) is 66.0 Å². The van der Waals surface area contributed by atoms with Crippen molar-refractivity contribution in [3.63, 3.8) is 0 Å². The number of hydrogen-bond donors (Lipinski definition) is 1. The Kier molecular flexibility index (Phi) is 4.85. The maximum absolute atomic E-state index is 13.9. The van der Waals surface area contributed by atoms with Gasteiger partial charge < -0.3 is 10.6 Å². The molecule has 2 rings (SSSR count). The molecule has 0 unspecified atom stereocenters. The Morgan fingerprint density at radius 3 is 2.35 bits per heavy atom. The number of nitrogens with zero attached hydrogens (tertiary/aromatic N) is 1. The number of carbonyl (C=O) groups excluding carboxylic acids is 1. The third-order valence-corrected chi connectivity index (χ3v) is 2.99. The minimum atomic E-state index is -0.409. The van der Waals surface area contributed by atoms with Crippen LogP contribution in [0.1, 0.15) is 16.8 Å². The molecule has 20 heavy (non-hydrogen) atoms. The molecular weight excluding hydrogens is 255 g/mol. The molecule has 0 saturated heterocycles. The Balaban J connectivity index is 2.33. The molecule has 0 spiro atoms. The molecule has 0 radical (unpaired) electrons. The minimum absolute atomic E-state index is 0.218. The van der Waals surface area contributed by atoms with E-state index in [1.807, 2.05) is 6.07 Å². The Morgan fingerprint density at radius 1 is 1.05 bits per heavy atom. The molecule has 0 aliphatic heterocycles. The molecule has 2 aromatic rings. The second-order valence-electron chi connectivity index (χ2n) is 4.42. The average molecular weight is 272 g/mol. The number of nitrogens with two attached hydrogens (primary N) is 1. The number of halogens is 1. The van der Waals surface area contributed by atoms with Gasteiger partial charge in [0.2, 0.25) is 0 Å². The van der Waals surface area contributed by atoms with Crippen LogP contribution in [0, 0.1) is 5.82 Å². The summed E-state index contributed by atoms with van der Waals surface area (Å²) in [6.07, 6.45) is 0.618.